The van der Waals surface area contributed by atoms with E-state index in [9.17, 15) is 17.6 Å². The molecule has 0 atom stereocenters. The summed E-state index contributed by atoms with van der Waals surface area (Å²) < 4.78 is 46.5. The summed E-state index contributed by atoms with van der Waals surface area (Å²) >= 11 is 0. The maximum absolute atomic E-state index is 14.3. The molecule has 0 unspecified atom stereocenters. The molecule has 0 fully saturated rings. The van der Waals surface area contributed by atoms with Gasteiger partial charge in [-0.1, -0.05) is 31.9 Å². The first-order valence-corrected chi connectivity index (χ1v) is 10.5. The zero-order valence-corrected chi connectivity index (χ0v) is 16.8. The van der Waals surface area contributed by atoms with Crippen molar-refractivity contribution in [2.24, 2.45) is 0 Å². The molecule has 0 aromatic heterocycles. The van der Waals surface area contributed by atoms with Gasteiger partial charge in [-0.25, -0.2) is 12.8 Å². The lowest BCUT2D eigenvalue weighted by Crippen LogP contribution is -2.41. The first kappa shape index (κ1) is 21.7. The van der Waals surface area contributed by atoms with Crippen LogP contribution in [0.5, 0.6) is 5.75 Å². The van der Waals surface area contributed by atoms with Gasteiger partial charge in [-0.05, 0) is 42.8 Å². The number of unbranched alkanes of at least 4 members (excludes halogenated alkanes) is 2. The van der Waals surface area contributed by atoms with Crippen LogP contribution in [-0.4, -0.2) is 34.5 Å². The van der Waals surface area contributed by atoms with Crippen molar-refractivity contribution in [3.8, 4) is 5.75 Å². The Morgan fingerprint density at radius 1 is 1.11 bits per heavy atom. The number of anilines is 1. The summed E-state index contributed by atoms with van der Waals surface area (Å²) in [6, 6.07) is 11.2. The number of amides is 1. The lowest BCUT2D eigenvalue weighted by molar-refractivity contribution is -0.119. The van der Waals surface area contributed by atoms with Crippen LogP contribution in [0.4, 0.5) is 10.1 Å². The van der Waals surface area contributed by atoms with E-state index in [4.69, 9.17) is 4.74 Å². The van der Waals surface area contributed by atoms with E-state index in [0.717, 1.165) is 29.6 Å². The van der Waals surface area contributed by atoms with Gasteiger partial charge in [0.1, 0.15) is 18.1 Å². The van der Waals surface area contributed by atoms with Gasteiger partial charge in [0, 0.05) is 6.54 Å². The minimum absolute atomic E-state index is 0.0599. The number of methoxy groups -OCH3 is 1. The third-order valence-electron chi connectivity index (χ3n) is 4.16. The molecule has 0 aliphatic carbocycles. The van der Waals surface area contributed by atoms with E-state index in [1.54, 1.807) is 0 Å². The molecule has 0 aliphatic heterocycles. The van der Waals surface area contributed by atoms with E-state index in [1.807, 2.05) is 6.92 Å². The van der Waals surface area contributed by atoms with Gasteiger partial charge < -0.3 is 10.1 Å². The van der Waals surface area contributed by atoms with Crippen LogP contribution in [-0.2, 0) is 14.8 Å². The highest BCUT2D eigenvalue weighted by Crippen LogP contribution is 2.27. The fraction of sp³-hybridized carbons (Fsp3) is 0.350. The van der Waals surface area contributed by atoms with Crippen LogP contribution in [0.15, 0.2) is 53.4 Å². The molecule has 152 valence electrons. The number of sulfonamides is 1. The maximum atomic E-state index is 14.3. The first-order chi connectivity index (χ1) is 13.4. The number of nitrogens with zero attached hydrogens (tertiary/aromatic N) is 1. The van der Waals surface area contributed by atoms with Gasteiger partial charge in [0.2, 0.25) is 5.91 Å². The second kappa shape index (κ2) is 10.1. The fourth-order valence-electron chi connectivity index (χ4n) is 2.62. The third kappa shape index (κ3) is 5.45. The largest absolute Gasteiger partial charge is 0.497 e. The van der Waals surface area contributed by atoms with E-state index < -0.39 is 28.3 Å². The Morgan fingerprint density at radius 2 is 1.79 bits per heavy atom. The first-order valence-electron chi connectivity index (χ1n) is 9.08. The number of nitrogens with one attached hydrogen (secondary N) is 1. The topological polar surface area (TPSA) is 75.7 Å². The van der Waals surface area contributed by atoms with Crippen LogP contribution < -0.4 is 14.4 Å². The second-order valence-electron chi connectivity index (χ2n) is 6.20. The van der Waals surface area contributed by atoms with E-state index >= 15 is 0 Å². The molecule has 28 heavy (non-hydrogen) atoms. The quantitative estimate of drug-likeness (QED) is 0.612. The average molecular weight is 408 g/mol. The van der Waals surface area contributed by atoms with Crippen molar-refractivity contribution in [2.45, 2.75) is 31.1 Å². The summed E-state index contributed by atoms with van der Waals surface area (Å²) in [7, 11) is -2.68. The van der Waals surface area contributed by atoms with E-state index in [0.29, 0.717) is 12.3 Å². The molecule has 0 heterocycles. The normalized spacial score (nSPS) is 11.1. The van der Waals surface area contributed by atoms with Gasteiger partial charge in [-0.15, -0.1) is 0 Å². The number of ether oxygens (including phenoxy) is 1. The number of hydrogen-bond acceptors (Lipinski definition) is 4. The Morgan fingerprint density at radius 3 is 2.39 bits per heavy atom. The zero-order chi connectivity index (χ0) is 20.6. The van der Waals surface area contributed by atoms with Crippen LogP contribution in [0.2, 0.25) is 0 Å². The Labute approximate surface area is 165 Å². The molecule has 0 spiro atoms. The predicted octanol–water partition coefficient (Wildman–Crippen LogP) is 3.34. The summed E-state index contributed by atoms with van der Waals surface area (Å²) in [4.78, 5) is 12.3. The Kier molecular flexibility index (Phi) is 7.80. The molecule has 0 aliphatic rings. The van der Waals surface area contributed by atoms with Gasteiger partial charge in [-0.2, -0.15) is 0 Å². The number of halogens is 1. The fourth-order valence-corrected chi connectivity index (χ4v) is 4.05. The molecule has 0 saturated heterocycles. The van der Waals surface area contributed by atoms with Crippen LogP contribution >= 0.6 is 0 Å². The lowest BCUT2D eigenvalue weighted by Gasteiger charge is -2.24. The molecule has 2 aromatic carbocycles. The second-order valence-corrected chi connectivity index (χ2v) is 8.06. The molecule has 0 bridgehead atoms. The van der Waals surface area contributed by atoms with Crippen molar-refractivity contribution < 1.29 is 22.3 Å². The minimum Gasteiger partial charge on any atom is -0.497 e. The summed E-state index contributed by atoms with van der Waals surface area (Å²) in [5.41, 5.74) is -0.179. The smallest absolute Gasteiger partial charge is 0.264 e. The van der Waals surface area contributed by atoms with Gasteiger partial charge in [0.15, 0.2) is 0 Å². The summed E-state index contributed by atoms with van der Waals surface area (Å²) in [6.45, 7) is 1.98. The van der Waals surface area contributed by atoms with Crippen molar-refractivity contribution in [2.75, 3.05) is 24.5 Å². The molecular weight excluding hydrogens is 383 g/mol. The summed E-state index contributed by atoms with van der Waals surface area (Å²) in [5.74, 6) is -0.722. The molecule has 6 nitrogen and oxygen atoms in total. The number of para-hydroxylation sites is 1. The highest BCUT2D eigenvalue weighted by Gasteiger charge is 2.29. The van der Waals surface area contributed by atoms with Crippen LogP contribution in [0.1, 0.15) is 26.2 Å². The number of benzene rings is 2. The highest BCUT2D eigenvalue weighted by atomic mass is 32.2. The molecule has 2 rings (SSSR count). The van der Waals surface area contributed by atoms with E-state index in [2.05, 4.69) is 5.32 Å². The molecule has 8 heteroatoms. The molecular formula is C20H25FN2O4S. The number of carbonyl (C=O) groups is 1. The molecule has 1 N–H and O–H groups in total. The summed E-state index contributed by atoms with van der Waals surface area (Å²) in [6.07, 6.45) is 2.76. The van der Waals surface area contributed by atoms with Gasteiger partial charge >= 0.3 is 0 Å². The van der Waals surface area contributed by atoms with Crippen molar-refractivity contribution >= 4 is 21.6 Å². The lowest BCUT2D eigenvalue weighted by atomic mass is 10.2. The third-order valence-corrected chi connectivity index (χ3v) is 5.93. The van der Waals surface area contributed by atoms with E-state index in [1.165, 1.54) is 49.6 Å². The number of carbonyl (C=O) groups excluding carboxylic acids is 1. The summed E-state index contributed by atoms with van der Waals surface area (Å²) in [5, 5.41) is 2.69. The molecule has 1 amide bonds. The number of rotatable bonds is 10. The monoisotopic (exact) mass is 408 g/mol. The minimum atomic E-state index is -4.15. The Hall–Kier alpha value is -2.61. The van der Waals surface area contributed by atoms with Gasteiger partial charge in [0.25, 0.3) is 10.0 Å². The molecule has 0 radical (unpaired) electrons. The Balaban J connectivity index is 2.32. The zero-order valence-electron chi connectivity index (χ0n) is 16.0. The van der Waals surface area contributed by atoms with E-state index in [-0.39, 0.29) is 10.6 Å². The van der Waals surface area contributed by atoms with Crippen LogP contribution in [0.25, 0.3) is 0 Å². The van der Waals surface area contributed by atoms with Crippen LogP contribution in [0, 0.1) is 5.82 Å². The molecule has 0 saturated carbocycles. The van der Waals surface area contributed by atoms with Gasteiger partial charge in [0.05, 0.1) is 17.7 Å². The number of hydrogen-bond donors (Lipinski definition) is 1. The standard InChI is InChI=1S/C20H25FN2O4S/c1-3-4-7-14-22-20(24)15-23(19-9-6-5-8-18(19)21)28(25,26)17-12-10-16(27-2)11-13-17/h5-6,8-13H,3-4,7,14-15H2,1-2H3,(H,22,24). The van der Waals surface area contributed by atoms with Crippen molar-refractivity contribution in [3.05, 3.63) is 54.3 Å². The van der Waals surface area contributed by atoms with Crippen molar-refractivity contribution in [1.82, 2.24) is 5.32 Å². The van der Waals surface area contributed by atoms with Crippen LogP contribution in [0.3, 0.4) is 0 Å². The molecule has 2 aromatic rings. The van der Waals surface area contributed by atoms with Crippen molar-refractivity contribution in [3.63, 3.8) is 0 Å². The highest BCUT2D eigenvalue weighted by molar-refractivity contribution is 7.92. The van der Waals surface area contributed by atoms with Crippen molar-refractivity contribution in [1.29, 1.82) is 0 Å². The SMILES string of the molecule is CCCCCNC(=O)CN(c1ccccc1F)S(=O)(=O)c1ccc(OC)cc1. The maximum Gasteiger partial charge on any atom is 0.264 e. The van der Waals surface area contributed by atoms with Gasteiger partial charge in [-0.3, -0.25) is 9.10 Å². The average Bonchev–Trinajstić information content (AvgIpc) is 2.70. The Bertz CT molecular complexity index is 885. The predicted molar refractivity (Wildman–Crippen MR) is 106 cm³/mol.